The van der Waals surface area contributed by atoms with Gasteiger partial charge in [-0.2, -0.15) is 22.8 Å². The molecule has 9 heteroatoms. The Morgan fingerprint density at radius 2 is 1.82 bits per heavy atom. The normalized spacial score (nSPS) is 11.7. The van der Waals surface area contributed by atoms with Gasteiger partial charge in [-0.05, 0) is 40.8 Å². The highest BCUT2D eigenvalue weighted by atomic mass is 32.1. The Morgan fingerprint density at radius 3 is 2.61 bits per heavy atom. The van der Waals surface area contributed by atoms with E-state index in [1.807, 2.05) is 41.8 Å². The Hall–Kier alpha value is -3.85. The first-order valence-corrected chi connectivity index (χ1v) is 10.8. The van der Waals surface area contributed by atoms with Crippen molar-refractivity contribution in [2.75, 3.05) is 0 Å². The fraction of sp³-hybridized carbons (Fsp3) is 0.0833. The smallest absolute Gasteiger partial charge is 0.416 e. The van der Waals surface area contributed by atoms with Gasteiger partial charge in [-0.25, -0.2) is 0 Å². The van der Waals surface area contributed by atoms with Gasteiger partial charge in [0.1, 0.15) is 18.0 Å². The molecule has 0 bridgehead atoms. The number of aromatic nitrogens is 3. The van der Waals surface area contributed by atoms with Crippen molar-refractivity contribution in [3.05, 3.63) is 99.9 Å². The van der Waals surface area contributed by atoms with Crippen molar-refractivity contribution >= 4 is 17.0 Å². The lowest BCUT2D eigenvalue weighted by Crippen LogP contribution is -2.16. The predicted octanol–water partition coefficient (Wildman–Crippen LogP) is 6.02. The van der Waals surface area contributed by atoms with Gasteiger partial charge in [-0.3, -0.25) is 4.79 Å². The molecule has 0 fully saturated rings. The van der Waals surface area contributed by atoms with E-state index >= 15 is 0 Å². The van der Waals surface area contributed by atoms with Gasteiger partial charge >= 0.3 is 6.18 Å². The number of thiophene rings is 1. The molecule has 0 unspecified atom stereocenters. The standard InChI is InChI=1S/C24H16F3N3O2S/c25-24(26,27)17-7-4-8-19(10-17)32-13-18-11-22(31)30-23(29-18)20(12-28-30)21-9-16(14-33-21)15-5-2-1-3-6-15/h1-12,14,29H,13H2. The van der Waals surface area contributed by atoms with Crippen molar-refractivity contribution < 1.29 is 17.9 Å². The van der Waals surface area contributed by atoms with E-state index in [0.29, 0.717) is 11.3 Å². The van der Waals surface area contributed by atoms with Gasteiger partial charge < -0.3 is 9.72 Å². The van der Waals surface area contributed by atoms with Crippen LogP contribution in [-0.2, 0) is 12.8 Å². The minimum atomic E-state index is -4.46. The molecule has 0 amide bonds. The molecule has 0 aliphatic carbocycles. The van der Waals surface area contributed by atoms with Crippen LogP contribution in [0, 0.1) is 0 Å². The highest BCUT2D eigenvalue weighted by Gasteiger charge is 2.30. The SMILES string of the molecule is O=c1cc(COc2cccc(C(F)(F)F)c2)[nH]c2c(-c3cc(-c4ccccc4)cs3)cnn12. The van der Waals surface area contributed by atoms with E-state index in [-0.39, 0.29) is 17.9 Å². The average molecular weight is 467 g/mol. The molecule has 3 aromatic heterocycles. The van der Waals surface area contributed by atoms with Gasteiger partial charge in [-0.15, -0.1) is 11.3 Å². The first-order valence-electron chi connectivity index (χ1n) is 9.93. The summed E-state index contributed by atoms with van der Waals surface area (Å²) in [6.07, 6.45) is -2.84. The van der Waals surface area contributed by atoms with E-state index in [9.17, 15) is 18.0 Å². The molecular formula is C24H16F3N3O2S. The molecule has 166 valence electrons. The zero-order valence-corrected chi connectivity index (χ0v) is 17.8. The summed E-state index contributed by atoms with van der Waals surface area (Å²) >= 11 is 1.53. The molecule has 5 aromatic rings. The van der Waals surface area contributed by atoms with Gasteiger partial charge in [0.25, 0.3) is 5.56 Å². The van der Waals surface area contributed by atoms with Crippen LogP contribution in [0.5, 0.6) is 5.75 Å². The number of H-pyrrole nitrogens is 1. The molecule has 0 saturated heterocycles. The molecule has 0 radical (unpaired) electrons. The second-order valence-corrected chi connectivity index (χ2v) is 8.24. The Kier molecular flexibility index (Phi) is 5.26. The van der Waals surface area contributed by atoms with Crippen LogP contribution in [-0.4, -0.2) is 14.6 Å². The van der Waals surface area contributed by atoms with Crippen LogP contribution in [0.3, 0.4) is 0 Å². The maximum Gasteiger partial charge on any atom is 0.416 e. The van der Waals surface area contributed by atoms with Gasteiger partial charge in [0, 0.05) is 10.9 Å². The van der Waals surface area contributed by atoms with Crippen LogP contribution in [0.2, 0.25) is 0 Å². The number of nitrogens with one attached hydrogen (secondary N) is 1. The summed E-state index contributed by atoms with van der Waals surface area (Å²) in [5.74, 6) is 0.0602. The molecular weight excluding hydrogens is 451 g/mol. The molecule has 0 aliphatic heterocycles. The van der Waals surface area contributed by atoms with Crippen molar-refractivity contribution in [3.63, 3.8) is 0 Å². The summed E-state index contributed by atoms with van der Waals surface area (Å²) < 4.78 is 45.6. The maximum absolute atomic E-state index is 12.9. The van der Waals surface area contributed by atoms with E-state index in [1.165, 1.54) is 34.1 Å². The van der Waals surface area contributed by atoms with E-state index in [2.05, 4.69) is 10.1 Å². The lowest BCUT2D eigenvalue weighted by atomic mass is 10.1. The number of rotatable bonds is 5. The summed E-state index contributed by atoms with van der Waals surface area (Å²) in [4.78, 5) is 16.6. The van der Waals surface area contributed by atoms with Gasteiger partial charge in [-0.1, -0.05) is 36.4 Å². The monoisotopic (exact) mass is 467 g/mol. The molecule has 5 nitrogen and oxygen atoms in total. The Labute approximate surface area is 189 Å². The lowest BCUT2D eigenvalue weighted by Gasteiger charge is -2.10. The summed E-state index contributed by atoms with van der Waals surface area (Å²) in [7, 11) is 0. The van der Waals surface area contributed by atoms with Crippen LogP contribution in [0.1, 0.15) is 11.3 Å². The van der Waals surface area contributed by atoms with Gasteiger partial charge in [0.05, 0.1) is 23.0 Å². The van der Waals surface area contributed by atoms with Crippen molar-refractivity contribution in [2.24, 2.45) is 0 Å². The highest BCUT2D eigenvalue weighted by Crippen LogP contribution is 2.34. The predicted molar refractivity (Wildman–Crippen MR) is 120 cm³/mol. The van der Waals surface area contributed by atoms with E-state index in [0.717, 1.165) is 33.7 Å². The van der Waals surface area contributed by atoms with Gasteiger partial charge in [0.2, 0.25) is 0 Å². The minimum Gasteiger partial charge on any atom is -0.487 e. The summed E-state index contributed by atoms with van der Waals surface area (Å²) in [5, 5.41) is 6.22. The van der Waals surface area contributed by atoms with Crippen molar-refractivity contribution in [1.82, 2.24) is 14.6 Å². The lowest BCUT2D eigenvalue weighted by molar-refractivity contribution is -0.137. The number of aromatic amines is 1. The second-order valence-electron chi connectivity index (χ2n) is 7.33. The summed E-state index contributed by atoms with van der Waals surface area (Å²) in [6, 6.07) is 17.9. The number of alkyl halides is 3. The zero-order chi connectivity index (χ0) is 23.0. The largest absolute Gasteiger partial charge is 0.487 e. The minimum absolute atomic E-state index is 0.0602. The number of benzene rings is 2. The molecule has 0 spiro atoms. The third-order valence-corrected chi connectivity index (χ3v) is 6.05. The van der Waals surface area contributed by atoms with Crippen LogP contribution in [0.15, 0.2) is 83.1 Å². The summed E-state index contributed by atoms with van der Waals surface area (Å²) in [6.45, 7) is -0.0998. The molecule has 3 heterocycles. The van der Waals surface area contributed by atoms with Crippen LogP contribution < -0.4 is 10.3 Å². The molecule has 0 saturated carbocycles. The third kappa shape index (κ3) is 4.27. The Morgan fingerprint density at radius 1 is 1.00 bits per heavy atom. The molecule has 2 aromatic carbocycles. The number of fused-ring (bicyclic) bond motifs is 1. The molecule has 0 atom stereocenters. The second kappa shape index (κ2) is 8.25. The summed E-state index contributed by atoms with van der Waals surface area (Å²) in [5.41, 5.74) is 2.64. The fourth-order valence-electron chi connectivity index (χ4n) is 3.47. The number of nitrogens with zero attached hydrogens (tertiary/aromatic N) is 2. The maximum atomic E-state index is 12.9. The molecule has 33 heavy (non-hydrogen) atoms. The van der Waals surface area contributed by atoms with Gasteiger partial charge in [0.15, 0.2) is 0 Å². The van der Waals surface area contributed by atoms with Crippen LogP contribution >= 0.6 is 11.3 Å². The van der Waals surface area contributed by atoms with Crippen LogP contribution in [0.25, 0.3) is 27.2 Å². The fourth-order valence-corrected chi connectivity index (χ4v) is 4.40. The Balaban J connectivity index is 1.44. The van der Waals surface area contributed by atoms with Crippen molar-refractivity contribution in [1.29, 1.82) is 0 Å². The quantitative estimate of drug-likeness (QED) is 0.344. The molecule has 0 aliphatic rings. The van der Waals surface area contributed by atoms with Crippen molar-refractivity contribution in [3.8, 4) is 27.3 Å². The van der Waals surface area contributed by atoms with Crippen molar-refractivity contribution in [2.45, 2.75) is 12.8 Å². The highest BCUT2D eigenvalue weighted by molar-refractivity contribution is 7.14. The topological polar surface area (TPSA) is 59.4 Å². The third-order valence-electron chi connectivity index (χ3n) is 5.08. The average Bonchev–Trinajstić information content (AvgIpc) is 3.45. The number of hydrogen-bond donors (Lipinski definition) is 1. The first kappa shape index (κ1) is 21.0. The molecule has 1 N–H and O–H groups in total. The van der Waals surface area contributed by atoms with Crippen LogP contribution in [0.4, 0.5) is 13.2 Å². The number of halogens is 3. The van der Waals surface area contributed by atoms with E-state index < -0.39 is 11.7 Å². The zero-order valence-electron chi connectivity index (χ0n) is 17.0. The molecule has 5 rings (SSSR count). The van der Waals surface area contributed by atoms with E-state index in [4.69, 9.17) is 4.74 Å². The Bertz CT molecular complexity index is 1490. The van der Waals surface area contributed by atoms with E-state index in [1.54, 1.807) is 6.20 Å². The number of ether oxygens (including phenoxy) is 1. The first-order chi connectivity index (χ1) is 15.9. The number of hydrogen-bond acceptors (Lipinski definition) is 4.